The topological polar surface area (TPSA) is 107 Å². The summed E-state index contributed by atoms with van der Waals surface area (Å²) in [4.78, 5) is 21.8. The second kappa shape index (κ2) is 5.28. The monoisotopic (exact) mass is 295 g/mol. The Hall–Kier alpha value is -3.22. The van der Waals surface area contributed by atoms with Gasteiger partial charge < -0.3 is 10.1 Å². The lowest BCUT2D eigenvalue weighted by Crippen LogP contribution is -1.98. The molecule has 2 aromatic carbocycles. The van der Waals surface area contributed by atoms with E-state index in [4.69, 9.17) is 0 Å². The average Bonchev–Trinajstić information content (AvgIpc) is 2.85. The van der Waals surface area contributed by atoms with Crippen molar-refractivity contribution in [1.29, 1.82) is 0 Å². The molecule has 3 rings (SSSR count). The van der Waals surface area contributed by atoms with Crippen LogP contribution < -0.4 is 5.11 Å². The van der Waals surface area contributed by atoms with E-state index in [-0.39, 0.29) is 17.0 Å². The van der Waals surface area contributed by atoms with Crippen molar-refractivity contribution >= 4 is 28.6 Å². The Morgan fingerprint density at radius 1 is 1.27 bits per heavy atom. The second-order valence-electron chi connectivity index (χ2n) is 4.76. The molecule has 0 atom stereocenters. The predicted octanol–water partition coefficient (Wildman–Crippen LogP) is 2.60. The van der Waals surface area contributed by atoms with E-state index in [0.29, 0.717) is 5.69 Å². The van der Waals surface area contributed by atoms with E-state index >= 15 is 0 Å². The van der Waals surface area contributed by atoms with Gasteiger partial charge >= 0.3 is 0 Å². The first-order chi connectivity index (χ1) is 10.5. The highest BCUT2D eigenvalue weighted by atomic mass is 16.6. The van der Waals surface area contributed by atoms with Gasteiger partial charge in [-0.2, -0.15) is 0 Å². The Labute approximate surface area is 125 Å². The maximum Gasteiger partial charge on any atom is 0.270 e. The lowest BCUT2D eigenvalue weighted by molar-refractivity contribution is -0.385. The lowest BCUT2D eigenvalue weighted by Gasteiger charge is -2.08. The zero-order chi connectivity index (χ0) is 15.7. The number of nitro groups is 1. The first kappa shape index (κ1) is 13.7. The molecule has 0 aliphatic rings. The van der Waals surface area contributed by atoms with Crippen LogP contribution in [0, 0.1) is 17.0 Å². The Kier molecular flexibility index (Phi) is 3.30. The molecule has 0 saturated heterocycles. The summed E-state index contributed by atoms with van der Waals surface area (Å²) < 4.78 is 0. The molecule has 7 nitrogen and oxygen atoms in total. The largest absolute Gasteiger partial charge is 0.872 e. The van der Waals surface area contributed by atoms with Crippen LogP contribution in [0.4, 0.5) is 11.4 Å². The van der Waals surface area contributed by atoms with Gasteiger partial charge in [0.05, 0.1) is 21.6 Å². The maximum atomic E-state index is 11.7. The van der Waals surface area contributed by atoms with E-state index < -0.39 is 4.92 Å². The molecular formula is C15H11N4O3-. The molecule has 0 spiro atoms. The molecule has 1 N–H and O–H groups in total. The summed E-state index contributed by atoms with van der Waals surface area (Å²) in [5, 5.41) is 22.4. The van der Waals surface area contributed by atoms with Gasteiger partial charge in [0.2, 0.25) is 0 Å². The number of nitrogens with one attached hydrogen (secondary N) is 1. The molecule has 0 amide bonds. The average molecular weight is 295 g/mol. The molecule has 0 saturated carbocycles. The highest BCUT2D eigenvalue weighted by Crippen LogP contribution is 2.22. The number of H-pyrrole nitrogens is 1. The minimum Gasteiger partial charge on any atom is -0.872 e. The molecule has 0 aliphatic carbocycles. The second-order valence-corrected chi connectivity index (χ2v) is 4.76. The Morgan fingerprint density at radius 2 is 2.09 bits per heavy atom. The van der Waals surface area contributed by atoms with E-state index in [9.17, 15) is 15.2 Å². The van der Waals surface area contributed by atoms with Crippen LogP contribution in [0.15, 0.2) is 41.4 Å². The quantitative estimate of drug-likeness (QED) is 0.455. The molecule has 0 aliphatic heterocycles. The Balaban J connectivity index is 1.95. The number of rotatable bonds is 3. The van der Waals surface area contributed by atoms with Crippen molar-refractivity contribution in [3.8, 4) is 5.75 Å². The van der Waals surface area contributed by atoms with Crippen molar-refractivity contribution in [3.63, 3.8) is 0 Å². The standard InChI is InChI=1S/C15H12N4O3/c1-9-17-13-4-2-11(7-14(13)18-9)16-8-10-6-12(19(21)22)3-5-15(10)20/h2-8,20H,1H3,(H,17,18)/p-1. The van der Waals surface area contributed by atoms with Crippen LogP contribution in [0.2, 0.25) is 0 Å². The minimum absolute atomic E-state index is 0.138. The van der Waals surface area contributed by atoms with Crippen LogP contribution in [-0.4, -0.2) is 21.1 Å². The van der Waals surface area contributed by atoms with Gasteiger partial charge in [0, 0.05) is 18.3 Å². The molecule has 0 radical (unpaired) electrons. The number of nitrogens with zero attached hydrogens (tertiary/aromatic N) is 3. The SMILES string of the molecule is Cc1nc2ccc(N=Cc3cc([N+](=O)[O-])ccc3[O-])cc2[nH]1. The number of aliphatic imine (C=N–C) groups is 1. The maximum absolute atomic E-state index is 11.7. The zero-order valence-electron chi connectivity index (χ0n) is 11.6. The van der Waals surface area contributed by atoms with Crippen LogP contribution in [-0.2, 0) is 0 Å². The fourth-order valence-corrected chi connectivity index (χ4v) is 2.10. The first-order valence-electron chi connectivity index (χ1n) is 6.49. The van der Waals surface area contributed by atoms with Crippen LogP contribution in [0.25, 0.3) is 11.0 Å². The number of aryl methyl sites for hydroxylation is 1. The van der Waals surface area contributed by atoms with Gasteiger partial charge in [-0.05, 0) is 30.7 Å². The molecule has 110 valence electrons. The summed E-state index contributed by atoms with van der Waals surface area (Å²) >= 11 is 0. The van der Waals surface area contributed by atoms with Crippen LogP contribution in [0.3, 0.4) is 0 Å². The summed E-state index contributed by atoms with van der Waals surface area (Å²) in [5.41, 5.74) is 2.34. The van der Waals surface area contributed by atoms with Crippen molar-refractivity contribution in [2.24, 2.45) is 4.99 Å². The van der Waals surface area contributed by atoms with Gasteiger partial charge in [0.25, 0.3) is 5.69 Å². The van der Waals surface area contributed by atoms with Gasteiger partial charge in [0.15, 0.2) is 0 Å². The van der Waals surface area contributed by atoms with Crippen molar-refractivity contribution < 1.29 is 10.0 Å². The molecule has 0 unspecified atom stereocenters. The third-order valence-electron chi connectivity index (χ3n) is 3.14. The molecular weight excluding hydrogens is 284 g/mol. The molecule has 0 bridgehead atoms. The fraction of sp³-hybridized carbons (Fsp3) is 0.0667. The molecule has 3 aromatic rings. The first-order valence-corrected chi connectivity index (χ1v) is 6.49. The number of fused-ring (bicyclic) bond motifs is 1. The van der Waals surface area contributed by atoms with E-state index in [1.54, 1.807) is 12.1 Å². The van der Waals surface area contributed by atoms with Crippen LogP contribution in [0.1, 0.15) is 11.4 Å². The van der Waals surface area contributed by atoms with Crippen molar-refractivity contribution in [1.82, 2.24) is 9.97 Å². The highest BCUT2D eigenvalue weighted by molar-refractivity contribution is 5.87. The van der Waals surface area contributed by atoms with Crippen molar-refractivity contribution in [3.05, 3.63) is 57.9 Å². The lowest BCUT2D eigenvalue weighted by atomic mass is 10.2. The van der Waals surface area contributed by atoms with Gasteiger partial charge in [-0.15, -0.1) is 0 Å². The minimum atomic E-state index is -0.545. The number of benzene rings is 2. The third kappa shape index (κ3) is 2.64. The Bertz CT molecular complexity index is 899. The summed E-state index contributed by atoms with van der Waals surface area (Å²) in [6.07, 6.45) is 1.33. The molecule has 22 heavy (non-hydrogen) atoms. The zero-order valence-corrected chi connectivity index (χ0v) is 11.6. The predicted molar refractivity (Wildman–Crippen MR) is 80.6 cm³/mol. The van der Waals surface area contributed by atoms with Gasteiger partial charge in [-0.1, -0.05) is 11.8 Å². The molecule has 1 heterocycles. The molecule has 0 fully saturated rings. The summed E-state index contributed by atoms with van der Waals surface area (Å²) in [6.45, 7) is 1.86. The van der Waals surface area contributed by atoms with E-state index in [0.717, 1.165) is 16.9 Å². The smallest absolute Gasteiger partial charge is 0.270 e. The van der Waals surface area contributed by atoms with Gasteiger partial charge in [0.1, 0.15) is 5.82 Å². The van der Waals surface area contributed by atoms with Crippen LogP contribution in [0.5, 0.6) is 5.75 Å². The number of hydrogen-bond donors (Lipinski definition) is 1. The summed E-state index contributed by atoms with van der Waals surface area (Å²) in [5.74, 6) is 0.490. The molecule has 7 heteroatoms. The van der Waals surface area contributed by atoms with Crippen LogP contribution >= 0.6 is 0 Å². The van der Waals surface area contributed by atoms with E-state index in [1.165, 1.54) is 24.4 Å². The number of aromatic amines is 1. The molecule has 1 aromatic heterocycles. The fourth-order valence-electron chi connectivity index (χ4n) is 2.10. The summed E-state index contributed by atoms with van der Waals surface area (Å²) in [6, 6.07) is 8.94. The van der Waals surface area contributed by atoms with E-state index in [2.05, 4.69) is 15.0 Å². The Morgan fingerprint density at radius 3 is 2.86 bits per heavy atom. The number of hydrogen-bond acceptors (Lipinski definition) is 5. The van der Waals surface area contributed by atoms with Crippen molar-refractivity contribution in [2.75, 3.05) is 0 Å². The normalized spacial score (nSPS) is 11.3. The number of imidazole rings is 1. The number of non-ortho nitro benzene ring substituents is 1. The summed E-state index contributed by atoms with van der Waals surface area (Å²) in [7, 11) is 0. The number of aromatic nitrogens is 2. The number of nitro benzene ring substituents is 1. The highest BCUT2D eigenvalue weighted by Gasteiger charge is 2.05. The van der Waals surface area contributed by atoms with E-state index in [1.807, 2.05) is 13.0 Å². The van der Waals surface area contributed by atoms with Gasteiger partial charge in [-0.25, -0.2) is 4.98 Å². The third-order valence-corrected chi connectivity index (χ3v) is 3.14. The van der Waals surface area contributed by atoms with Crippen molar-refractivity contribution in [2.45, 2.75) is 6.92 Å². The van der Waals surface area contributed by atoms with Gasteiger partial charge in [-0.3, -0.25) is 15.1 Å².